The summed E-state index contributed by atoms with van der Waals surface area (Å²) in [5.41, 5.74) is 13.6. The Morgan fingerprint density at radius 3 is 1.10 bits per heavy atom. The van der Waals surface area contributed by atoms with Crippen molar-refractivity contribution in [3.8, 4) is 34.3 Å². The Morgan fingerprint density at radius 2 is 0.729 bits per heavy atom. The number of rotatable bonds is 4. The molecule has 5 nitrogen and oxygen atoms in total. The SMILES string of the molecule is CC(C)(C)c1ccc2c3ccccc3n(-c3ccccc3-c3nnc(-c4ccccc4-n4c5ccccc5c5ccc(C(C)(C)C)c(C(C)(C)C)c54)o3)c2c1C(C)(C)C. The molecule has 0 fully saturated rings. The number of benzene rings is 6. The van der Waals surface area contributed by atoms with Crippen molar-refractivity contribution in [1.29, 1.82) is 0 Å². The highest BCUT2D eigenvalue weighted by Crippen LogP contribution is 2.47. The van der Waals surface area contributed by atoms with Gasteiger partial charge in [-0.2, -0.15) is 0 Å². The van der Waals surface area contributed by atoms with Gasteiger partial charge in [0.1, 0.15) is 0 Å². The zero-order valence-corrected chi connectivity index (χ0v) is 36.7. The van der Waals surface area contributed by atoms with Gasteiger partial charge in [-0.05, 0) is 80.3 Å². The minimum Gasteiger partial charge on any atom is -0.416 e. The Kier molecular flexibility index (Phi) is 8.69. The predicted molar refractivity (Wildman–Crippen MR) is 249 cm³/mol. The van der Waals surface area contributed by atoms with Gasteiger partial charge in [0.05, 0.1) is 44.6 Å². The molecule has 3 aromatic heterocycles. The van der Waals surface area contributed by atoms with E-state index in [2.05, 4.69) is 214 Å². The van der Waals surface area contributed by atoms with Crippen LogP contribution in [0.5, 0.6) is 0 Å². The van der Waals surface area contributed by atoms with Crippen LogP contribution in [0.4, 0.5) is 0 Å². The van der Waals surface area contributed by atoms with Crippen LogP contribution >= 0.6 is 0 Å². The molecule has 0 aliphatic heterocycles. The van der Waals surface area contributed by atoms with Crippen LogP contribution in [-0.2, 0) is 21.7 Å². The van der Waals surface area contributed by atoms with Gasteiger partial charge >= 0.3 is 0 Å². The van der Waals surface area contributed by atoms with Crippen molar-refractivity contribution in [3.05, 3.63) is 144 Å². The van der Waals surface area contributed by atoms with Gasteiger partial charge in [0.15, 0.2) is 0 Å². The molecular formula is C54H56N4O. The van der Waals surface area contributed by atoms with Crippen molar-refractivity contribution in [2.24, 2.45) is 0 Å². The van der Waals surface area contributed by atoms with Gasteiger partial charge in [0.2, 0.25) is 11.8 Å². The normalized spacial score (nSPS) is 13.1. The van der Waals surface area contributed by atoms with E-state index in [0.717, 1.165) is 33.5 Å². The summed E-state index contributed by atoms with van der Waals surface area (Å²) in [6, 6.07) is 43.8. The third-order valence-corrected chi connectivity index (χ3v) is 12.0. The van der Waals surface area contributed by atoms with Crippen LogP contribution in [0.15, 0.2) is 126 Å². The van der Waals surface area contributed by atoms with E-state index < -0.39 is 0 Å². The average Bonchev–Trinajstić information content (AvgIpc) is 3.89. The number of para-hydroxylation sites is 4. The summed E-state index contributed by atoms with van der Waals surface area (Å²) in [4.78, 5) is 0. The van der Waals surface area contributed by atoms with Crippen molar-refractivity contribution in [1.82, 2.24) is 19.3 Å². The van der Waals surface area contributed by atoms with E-state index in [1.807, 2.05) is 0 Å². The van der Waals surface area contributed by atoms with Gasteiger partial charge < -0.3 is 13.6 Å². The maximum absolute atomic E-state index is 6.88. The second kappa shape index (κ2) is 13.3. The molecule has 0 radical (unpaired) electrons. The predicted octanol–water partition coefficient (Wildman–Crippen LogP) is 14.8. The van der Waals surface area contributed by atoms with Crippen molar-refractivity contribution in [3.63, 3.8) is 0 Å². The van der Waals surface area contributed by atoms with Crippen LogP contribution in [0, 0.1) is 0 Å². The summed E-state index contributed by atoms with van der Waals surface area (Å²) in [5.74, 6) is 0.960. The quantitative estimate of drug-likeness (QED) is 0.179. The first kappa shape index (κ1) is 38.6. The van der Waals surface area contributed by atoms with E-state index in [4.69, 9.17) is 14.6 Å². The van der Waals surface area contributed by atoms with Crippen molar-refractivity contribution >= 4 is 43.6 Å². The van der Waals surface area contributed by atoms with Crippen molar-refractivity contribution in [2.75, 3.05) is 0 Å². The number of aromatic nitrogens is 4. The molecule has 0 spiro atoms. The molecule has 0 saturated carbocycles. The standard InChI is InChI=1S/C54H56N4O/c1-51(2,3)39-31-29-35-33-21-13-17-25-41(33)57(47(35)45(39)53(7,8)9)43-27-19-15-23-37(43)49-55-56-50(59-49)38-24-16-20-28-44(38)58-42-26-18-14-22-34(42)36-30-32-40(52(4,5)6)46(48(36)58)54(10,11)12/h13-32H,1-12H3. The fourth-order valence-corrected chi connectivity index (χ4v) is 9.52. The van der Waals surface area contributed by atoms with E-state index in [9.17, 15) is 0 Å². The number of hydrogen-bond acceptors (Lipinski definition) is 3. The Bertz CT molecular complexity index is 2880. The van der Waals surface area contributed by atoms with Crippen LogP contribution in [0.25, 0.3) is 77.9 Å². The summed E-state index contributed by atoms with van der Waals surface area (Å²) < 4.78 is 11.8. The number of fused-ring (bicyclic) bond motifs is 6. The summed E-state index contributed by atoms with van der Waals surface area (Å²) in [5, 5.41) is 14.6. The largest absolute Gasteiger partial charge is 0.416 e. The van der Waals surface area contributed by atoms with Gasteiger partial charge in [0, 0.05) is 21.5 Å². The van der Waals surface area contributed by atoms with Crippen LogP contribution in [-0.4, -0.2) is 19.3 Å². The first-order valence-electron chi connectivity index (χ1n) is 21.0. The van der Waals surface area contributed by atoms with Gasteiger partial charge in [-0.1, -0.05) is 168 Å². The summed E-state index contributed by atoms with van der Waals surface area (Å²) >= 11 is 0. The van der Waals surface area contributed by atoms with Gasteiger partial charge in [0.25, 0.3) is 0 Å². The first-order chi connectivity index (χ1) is 27.9. The molecule has 0 N–H and O–H groups in total. The highest BCUT2D eigenvalue weighted by atomic mass is 16.4. The van der Waals surface area contributed by atoms with Crippen LogP contribution in [0.3, 0.4) is 0 Å². The highest BCUT2D eigenvalue weighted by molar-refractivity contribution is 6.12. The summed E-state index contributed by atoms with van der Waals surface area (Å²) in [6.45, 7) is 27.9. The van der Waals surface area contributed by atoms with Gasteiger partial charge in [-0.25, -0.2) is 0 Å². The lowest BCUT2D eigenvalue weighted by Gasteiger charge is -2.31. The van der Waals surface area contributed by atoms with Gasteiger partial charge in [-0.15, -0.1) is 10.2 Å². The molecule has 3 heterocycles. The maximum atomic E-state index is 6.88. The molecule has 0 aliphatic carbocycles. The topological polar surface area (TPSA) is 48.8 Å². The van der Waals surface area contributed by atoms with E-state index in [1.54, 1.807) is 0 Å². The zero-order chi connectivity index (χ0) is 41.8. The lowest BCUT2D eigenvalue weighted by Crippen LogP contribution is -2.23. The smallest absolute Gasteiger partial charge is 0.250 e. The van der Waals surface area contributed by atoms with E-state index in [0.29, 0.717) is 11.8 Å². The Hall–Kier alpha value is -5.94. The fourth-order valence-electron chi connectivity index (χ4n) is 9.52. The molecule has 6 aromatic carbocycles. The van der Waals surface area contributed by atoms with E-state index in [-0.39, 0.29) is 21.7 Å². The average molecular weight is 777 g/mol. The van der Waals surface area contributed by atoms with E-state index >= 15 is 0 Å². The molecule has 0 saturated heterocycles. The van der Waals surface area contributed by atoms with Crippen molar-refractivity contribution in [2.45, 2.75) is 105 Å². The van der Waals surface area contributed by atoms with Crippen LogP contribution in [0.1, 0.15) is 105 Å². The number of nitrogens with zero attached hydrogens (tertiary/aromatic N) is 4. The highest BCUT2D eigenvalue weighted by Gasteiger charge is 2.33. The Morgan fingerprint density at radius 1 is 0.373 bits per heavy atom. The first-order valence-corrected chi connectivity index (χ1v) is 21.0. The molecule has 5 heteroatoms. The molecular weight excluding hydrogens is 721 g/mol. The molecule has 0 bridgehead atoms. The lowest BCUT2D eigenvalue weighted by atomic mass is 9.74. The monoisotopic (exact) mass is 776 g/mol. The molecule has 9 aromatic rings. The Balaban J connectivity index is 1.29. The molecule has 0 amide bonds. The van der Waals surface area contributed by atoms with E-state index in [1.165, 1.54) is 54.8 Å². The maximum Gasteiger partial charge on any atom is 0.250 e. The molecule has 9 rings (SSSR count). The Labute approximate surface area is 348 Å². The molecule has 298 valence electrons. The molecule has 0 aliphatic rings. The summed E-state index contributed by atoms with van der Waals surface area (Å²) in [7, 11) is 0. The zero-order valence-electron chi connectivity index (χ0n) is 36.7. The minimum atomic E-state index is -0.127. The third-order valence-electron chi connectivity index (χ3n) is 12.0. The second-order valence-corrected chi connectivity index (χ2v) is 20.4. The molecule has 59 heavy (non-hydrogen) atoms. The molecule has 0 unspecified atom stereocenters. The van der Waals surface area contributed by atoms with Crippen LogP contribution in [0.2, 0.25) is 0 Å². The van der Waals surface area contributed by atoms with Crippen LogP contribution < -0.4 is 0 Å². The van der Waals surface area contributed by atoms with Crippen molar-refractivity contribution < 1.29 is 4.42 Å². The second-order valence-electron chi connectivity index (χ2n) is 20.4. The fraction of sp³-hybridized carbons (Fsp3) is 0.296. The minimum absolute atomic E-state index is 0.0509. The molecule has 0 atom stereocenters. The third kappa shape index (κ3) is 6.20. The number of hydrogen-bond donors (Lipinski definition) is 0. The lowest BCUT2D eigenvalue weighted by molar-refractivity contribution is 0.533. The van der Waals surface area contributed by atoms with Gasteiger partial charge in [-0.3, -0.25) is 0 Å². The summed E-state index contributed by atoms with van der Waals surface area (Å²) in [6.07, 6.45) is 0.